The van der Waals surface area contributed by atoms with Gasteiger partial charge in [0.05, 0.1) is 5.92 Å². The van der Waals surface area contributed by atoms with E-state index in [4.69, 9.17) is 9.47 Å². The van der Waals surface area contributed by atoms with Crippen molar-refractivity contribution in [2.75, 3.05) is 13.2 Å². The third-order valence-electron chi connectivity index (χ3n) is 4.52. The minimum atomic E-state index is -0.823. The standard InChI is InChI=1S/C23H24O4S/c1-2-17-9-11-19(12-10-17)26-13-14-27-21-7-4-3-6-18(21)16-20(23(24)25)22-8-5-15-28-22/h3-12,15,20H,2,13-14,16H2,1H3,(H,24,25). The number of hydrogen-bond donors (Lipinski definition) is 1. The van der Waals surface area contributed by atoms with Crippen LogP contribution in [0.4, 0.5) is 0 Å². The minimum absolute atomic E-state index is 0.392. The fourth-order valence-corrected chi connectivity index (χ4v) is 3.78. The van der Waals surface area contributed by atoms with E-state index in [0.717, 1.165) is 22.6 Å². The molecule has 0 aliphatic rings. The fraction of sp³-hybridized carbons (Fsp3) is 0.261. The van der Waals surface area contributed by atoms with Crippen LogP contribution in [0.1, 0.15) is 28.8 Å². The van der Waals surface area contributed by atoms with E-state index in [2.05, 4.69) is 19.1 Å². The zero-order valence-electron chi connectivity index (χ0n) is 15.8. The highest BCUT2D eigenvalue weighted by atomic mass is 32.1. The summed E-state index contributed by atoms with van der Waals surface area (Å²) in [6, 6.07) is 19.4. The third kappa shape index (κ3) is 5.36. The van der Waals surface area contributed by atoms with Gasteiger partial charge in [-0.2, -0.15) is 0 Å². The lowest BCUT2D eigenvalue weighted by Gasteiger charge is -2.15. The molecule has 0 radical (unpaired) electrons. The summed E-state index contributed by atoms with van der Waals surface area (Å²) in [4.78, 5) is 12.6. The van der Waals surface area contributed by atoms with E-state index < -0.39 is 11.9 Å². The molecule has 1 aromatic heterocycles. The molecule has 0 aliphatic carbocycles. The second-order valence-corrected chi connectivity index (χ2v) is 7.39. The van der Waals surface area contributed by atoms with Crippen LogP contribution in [0.25, 0.3) is 0 Å². The summed E-state index contributed by atoms with van der Waals surface area (Å²) in [6.45, 7) is 2.94. The molecule has 1 unspecified atom stereocenters. The Kier molecular flexibility index (Phi) is 7.09. The highest BCUT2D eigenvalue weighted by molar-refractivity contribution is 7.10. The van der Waals surface area contributed by atoms with Crippen LogP contribution in [0.2, 0.25) is 0 Å². The molecule has 0 fully saturated rings. The molecule has 1 atom stereocenters. The molecule has 1 heterocycles. The van der Waals surface area contributed by atoms with Crippen molar-refractivity contribution in [3.63, 3.8) is 0 Å². The summed E-state index contributed by atoms with van der Waals surface area (Å²) in [7, 11) is 0. The Balaban J connectivity index is 1.58. The van der Waals surface area contributed by atoms with Crippen molar-refractivity contribution in [1.82, 2.24) is 0 Å². The first kappa shape index (κ1) is 20.0. The van der Waals surface area contributed by atoms with E-state index in [1.54, 1.807) is 0 Å². The number of para-hydroxylation sites is 1. The number of aliphatic carboxylic acids is 1. The smallest absolute Gasteiger partial charge is 0.312 e. The first-order valence-corrected chi connectivity index (χ1v) is 10.2. The van der Waals surface area contributed by atoms with Crippen LogP contribution in [0, 0.1) is 0 Å². The van der Waals surface area contributed by atoms with E-state index in [1.807, 2.05) is 53.9 Å². The molecule has 0 saturated carbocycles. The summed E-state index contributed by atoms with van der Waals surface area (Å²) in [5.74, 6) is 0.127. The summed E-state index contributed by atoms with van der Waals surface area (Å²) in [6.07, 6.45) is 1.40. The Morgan fingerprint density at radius 1 is 1.00 bits per heavy atom. The first-order valence-electron chi connectivity index (χ1n) is 9.36. The van der Waals surface area contributed by atoms with Crippen LogP contribution >= 0.6 is 11.3 Å². The molecule has 0 saturated heterocycles. The van der Waals surface area contributed by atoms with Gasteiger partial charge in [-0.1, -0.05) is 43.3 Å². The molecule has 0 amide bonds. The number of hydrogen-bond acceptors (Lipinski definition) is 4. The Morgan fingerprint density at radius 2 is 1.75 bits per heavy atom. The molecular formula is C23H24O4S. The van der Waals surface area contributed by atoms with Gasteiger partial charge < -0.3 is 14.6 Å². The van der Waals surface area contributed by atoms with Gasteiger partial charge in [0.1, 0.15) is 24.7 Å². The van der Waals surface area contributed by atoms with Crippen molar-refractivity contribution >= 4 is 17.3 Å². The van der Waals surface area contributed by atoms with E-state index >= 15 is 0 Å². The Hall–Kier alpha value is -2.79. The van der Waals surface area contributed by atoms with Crippen LogP contribution in [0.15, 0.2) is 66.0 Å². The van der Waals surface area contributed by atoms with Crippen LogP contribution in [-0.2, 0) is 17.6 Å². The topological polar surface area (TPSA) is 55.8 Å². The molecule has 0 aliphatic heterocycles. The fourth-order valence-electron chi connectivity index (χ4n) is 2.96. The van der Waals surface area contributed by atoms with Crippen LogP contribution in [-0.4, -0.2) is 24.3 Å². The van der Waals surface area contributed by atoms with Crippen molar-refractivity contribution in [2.45, 2.75) is 25.7 Å². The number of aryl methyl sites for hydroxylation is 1. The summed E-state index contributed by atoms with van der Waals surface area (Å²) < 4.78 is 11.6. The van der Waals surface area contributed by atoms with Gasteiger partial charge in [-0.3, -0.25) is 4.79 Å². The molecule has 4 nitrogen and oxygen atoms in total. The van der Waals surface area contributed by atoms with Crippen LogP contribution in [0.3, 0.4) is 0 Å². The zero-order valence-corrected chi connectivity index (χ0v) is 16.7. The van der Waals surface area contributed by atoms with Gasteiger partial charge >= 0.3 is 5.97 Å². The number of benzene rings is 2. The number of carboxylic acid groups (broad SMARTS) is 1. The maximum Gasteiger partial charge on any atom is 0.312 e. The lowest BCUT2D eigenvalue weighted by Crippen LogP contribution is -2.15. The molecule has 5 heteroatoms. The minimum Gasteiger partial charge on any atom is -0.490 e. The number of ether oxygens (including phenoxy) is 2. The molecule has 0 bridgehead atoms. The number of carboxylic acids is 1. The molecule has 2 aromatic carbocycles. The Labute approximate surface area is 169 Å². The SMILES string of the molecule is CCc1ccc(OCCOc2ccccc2CC(C(=O)O)c2cccs2)cc1. The van der Waals surface area contributed by atoms with E-state index in [-0.39, 0.29) is 0 Å². The van der Waals surface area contributed by atoms with Gasteiger partial charge in [-0.15, -0.1) is 11.3 Å². The van der Waals surface area contributed by atoms with Crippen molar-refractivity contribution in [1.29, 1.82) is 0 Å². The van der Waals surface area contributed by atoms with Gasteiger partial charge in [0.2, 0.25) is 0 Å². The lowest BCUT2D eigenvalue weighted by molar-refractivity contribution is -0.138. The average molecular weight is 397 g/mol. The predicted octanol–water partition coefficient (Wildman–Crippen LogP) is 5.18. The van der Waals surface area contributed by atoms with Gasteiger partial charge in [-0.25, -0.2) is 0 Å². The second kappa shape index (κ2) is 9.95. The van der Waals surface area contributed by atoms with E-state index in [0.29, 0.717) is 25.4 Å². The Bertz CT molecular complexity index is 872. The van der Waals surface area contributed by atoms with Gasteiger partial charge in [0.15, 0.2) is 0 Å². The van der Waals surface area contributed by atoms with E-state index in [9.17, 15) is 9.90 Å². The molecule has 146 valence electrons. The first-order chi connectivity index (χ1) is 13.7. The second-order valence-electron chi connectivity index (χ2n) is 6.41. The van der Waals surface area contributed by atoms with Gasteiger partial charge in [0, 0.05) is 4.88 Å². The summed E-state index contributed by atoms with van der Waals surface area (Å²) in [5, 5.41) is 11.5. The molecule has 28 heavy (non-hydrogen) atoms. The average Bonchev–Trinajstić information content (AvgIpc) is 3.25. The highest BCUT2D eigenvalue weighted by Gasteiger charge is 2.22. The Morgan fingerprint density at radius 3 is 2.43 bits per heavy atom. The molecule has 3 rings (SSSR count). The predicted molar refractivity (Wildman–Crippen MR) is 112 cm³/mol. The molecule has 1 N–H and O–H groups in total. The zero-order chi connectivity index (χ0) is 19.8. The van der Waals surface area contributed by atoms with Crippen LogP contribution in [0.5, 0.6) is 11.5 Å². The summed E-state index contributed by atoms with van der Waals surface area (Å²) in [5.41, 5.74) is 2.16. The van der Waals surface area contributed by atoms with Crippen molar-refractivity contribution in [2.24, 2.45) is 0 Å². The maximum atomic E-state index is 11.7. The monoisotopic (exact) mass is 396 g/mol. The van der Waals surface area contributed by atoms with Crippen molar-refractivity contribution < 1.29 is 19.4 Å². The third-order valence-corrected chi connectivity index (χ3v) is 5.51. The molecular weight excluding hydrogens is 372 g/mol. The van der Waals surface area contributed by atoms with Gasteiger partial charge in [0.25, 0.3) is 0 Å². The quantitative estimate of drug-likeness (QED) is 0.480. The molecule has 3 aromatic rings. The van der Waals surface area contributed by atoms with Gasteiger partial charge in [-0.05, 0) is 53.6 Å². The van der Waals surface area contributed by atoms with Crippen LogP contribution < -0.4 is 9.47 Å². The molecule has 0 spiro atoms. The number of rotatable bonds is 10. The highest BCUT2D eigenvalue weighted by Crippen LogP contribution is 2.29. The largest absolute Gasteiger partial charge is 0.490 e. The van der Waals surface area contributed by atoms with Crippen molar-refractivity contribution in [3.05, 3.63) is 82.0 Å². The number of carbonyl (C=O) groups is 1. The number of thiophene rings is 1. The maximum absolute atomic E-state index is 11.7. The normalized spacial score (nSPS) is 11.8. The summed E-state index contributed by atoms with van der Waals surface area (Å²) >= 11 is 1.46. The lowest BCUT2D eigenvalue weighted by atomic mass is 9.97. The van der Waals surface area contributed by atoms with Crippen molar-refractivity contribution in [3.8, 4) is 11.5 Å². The van der Waals surface area contributed by atoms with E-state index in [1.165, 1.54) is 16.9 Å².